The molecule has 1 atom stereocenters. The molecule has 1 heterocycles. The van der Waals surface area contributed by atoms with Gasteiger partial charge in [-0.1, -0.05) is 24.3 Å². The average molecular weight is 437 g/mol. The summed E-state index contributed by atoms with van der Waals surface area (Å²) in [6, 6.07) is 13.9. The Morgan fingerprint density at radius 3 is 2.56 bits per heavy atom. The number of halogens is 2. The topological polar surface area (TPSA) is 70.7 Å². The van der Waals surface area contributed by atoms with Crippen LogP contribution in [0.15, 0.2) is 48.5 Å². The van der Waals surface area contributed by atoms with Crippen LogP contribution in [0.4, 0.5) is 8.78 Å². The van der Waals surface area contributed by atoms with Crippen LogP contribution in [0, 0.1) is 36.8 Å². The highest BCUT2D eigenvalue weighted by molar-refractivity contribution is 5.76. The van der Waals surface area contributed by atoms with Crippen molar-refractivity contribution in [3.05, 3.63) is 88.2 Å². The lowest BCUT2D eigenvalue weighted by Gasteiger charge is -2.20. The number of hydrogen-bond donors (Lipinski definition) is 1. The van der Waals surface area contributed by atoms with Gasteiger partial charge in [-0.2, -0.15) is 10.4 Å². The van der Waals surface area contributed by atoms with Gasteiger partial charge in [-0.05, 0) is 67.6 Å². The van der Waals surface area contributed by atoms with Crippen molar-refractivity contribution >= 4 is 5.91 Å². The molecule has 0 saturated carbocycles. The van der Waals surface area contributed by atoms with Crippen LogP contribution in [0.25, 0.3) is 0 Å². The van der Waals surface area contributed by atoms with Crippen LogP contribution in [0.1, 0.15) is 47.0 Å². The normalized spacial score (nSPS) is 11.7. The summed E-state index contributed by atoms with van der Waals surface area (Å²) in [7, 11) is 0. The standard InChI is InChI=1S/C25H26F2N4O/c1-17-23(18(2)31(30-17)13-5-12-28)10-11-25(32)29-24(20-7-4-9-22(27)16-20)15-19-6-3-8-21(26)14-19/h3-4,6-9,14,16,24H,5,10-11,13,15H2,1-2H3,(H,29,32)/t24-/m1/s1. The number of hydrogen-bond acceptors (Lipinski definition) is 3. The number of nitrogens with one attached hydrogen (secondary N) is 1. The molecule has 0 spiro atoms. The summed E-state index contributed by atoms with van der Waals surface area (Å²) in [5.41, 5.74) is 4.12. The average Bonchev–Trinajstić information content (AvgIpc) is 3.03. The largest absolute Gasteiger partial charge is 0.349 e. The van der Waals surface area contributed by atoms with E-state index in [0.717, 1.165) is 17.0 Å². The molecule has 1 amide bonds. The molecule has 0 aliphatic rings. The molecule has 166 valence electrons. The second kappa shape index (κ2) is 10.7. The van der Waals surface area contributed by atoms with E-state index in [9.17, 15) is 13.6 Å². The first-order valence-corrected chi connectivity index (χ1v) is 10.6. The number of nitrogens with zero attached hydrogens (tertiary/aromatic N) is 3. The fourth-order valence-electron chi connectivity index (χ4n) is 3.85. The predicted molar refractivity (Wildman–Crippen MR) is 118 cm³/mol. The number of aromatic nitrogens is 2. The van der Waals surface area contributed by atoms with E-state index in [1.54, 1.807) is 28.9 Å². The fourth-order valence-corrected chi connectivity index (χ4v) is 3.85. The Labute approximate surface area is 186 Å². The van der Waals surface area contributed by atoms with E-state index in [2.05, 4.69) is 16.5 Å². The summed E-state index contributed by atoms with van der Waals surface area (Å²) in [4.78, 5) is 12.8. The summed E-state index contributed by atoms with van der Waals surface area (Å²) >= 11 is 0. The van der Waals surface area contributed by atoms with Crippen molar-refractivity contribution in [1.29, 1.82) is 5.26 Å². The molecule has 7 heteroatoms. The number of carbonyl (C=O) groups excluding carboxylic acids is 1. The lowest BCUT2D eigenvalue weighted by Crippen LogP contribution is -2.30. The summed E-state index contributed by atoms with van der Waals surface area (Å²) in [5.74, 6) is -0.928. The van der Waals surface area contributed by atoms with Crippen LogP contribution in [-0.4, -0.2) is 15.7 Å². The number of nitriles is 1. The van der Waals surface area contributed by atoms with Crippen molar-refractivity contribution in [2.24, 2.45) is 0 Å². The first-order valence-electron chi connectivity index (χ1n) is 10.6. The minimum atomic E-state index is -0.486. The SMILES string of the molecule is Cc1nn(CCC#N)c(C)c1CCC(=O)N[C@H](Cc1cccc(F)c1)c1cccc(F)c1. The number of benzene rings is 2. The number of amides is 1. The molecule has 2 aromatic carbocycles. The maximum atomic E-state index is 13.8. The molecule has 0 aliphatic heterocycles. The number of carbonyl (C=O) groups is 1. The lowest BCUT2D eigenvalue weighted by molar-refractivity contribution is -0.121. The van der Waals surface area contributed by atoms with E-state index in [1.807, 2.05) is 13.8 Å². The third kappa shape index (κ3) is 6.01. The highest BCUT2D eigenvalue weighted by Gasteiger charge is 2.18. The zero-order valence-corrected chi connectivity index (χ0v) is 18.2. The fraction of sp³-hybridized carbons (Fsp3) is 0.320. The Bertz CT molecular complexity index is 1130. The summed E-state index contributed by atoms with van der Waals surface area (Å²) < 4.78 is 29.2. The van der Waals surface area contributed by atoms with Crippen molar-refractivity contribution in [3.8, 4) is 6.07 Å². The molecule has 0 saturated heterocycles. The van der Waals surface area contributed by atoms with Gasteiger partial charge >= 0.3 is 0 Å². The molecule has 0 aliphatic carbocycles. The van der Waals surface area contributed by atoms with Crippen molar-refractivity contribution in [2.45, 2.75) is 52.1 Å². The van der Waals surface area contributed by atoms with Crippen LogP contribution in [0.3, 0.4) is 0 Å². The molecular formula is C25H26F2N4O. The van der Waals surface area contributed by atoms with Crippen molar-refractivity contribution in [3.63, 3.8) is 0 Å². The van der Waals surface area contributed by atoms with Gasteiger partial charge in [0.15, 0.2) is 0 Å². The molecule has 3 aromatic rings. The maximum absolute atomic E-state index is 13.8. The summed E-state index contributed by atoms with van der Waals surface area (Å²) in [5, 5.41) is 16.2. The Kier molecular flexibility index (Phi) is 7.72. The minimum absolute atomic E-state index is 0.181. The Morgan fingerprint density at radius 2 is 1.88 bits per heavy atom. The third-order valence-electron chi connectivity index (χ3n) is 5.48. The van der Waals surface area contributed by atoms with Gasteiger partial charge in [0, 0.05) is 12.1 Å². The number of rotatable bonds is 9. The zero-order valence-electron chi connectivity index (χ0n) is 18.2. The molecule has 1 N–H and O–H groups in total. The molecule has 0 radical (unpaired) electrons. The zero-order chi connectivity index (χ0) is 23.1. The molecule has 5 nitrogen and oxygen atoms in total. The third-order valence-corrected chi connectivity index (χ3v) is 5.48. The Hall–Kier alpha value is -3.53. The van der Waals surface area contributed by atoms with E-state index in [0.29, 0.717) is 36.9 Å². The van der Waals surface area contributed by atoms with Crippen LogP contribution in [0.5, 0.6) is 0 Å². The molecule has 32 heavy (non-hydrogen) atoms. The van der Waals surface area contributed by atoms with E-state index >= 15 is 0 Å². The van der Waals surface area contributed by atoms with Crippen LogP contribution < -0.4 is 5.32 Å². The van der Waals surface area contributed by atoms with Gasteiger partial charge in [0.25, 0.3) is 0 Å². The van der Waals surface area contributed by atoms with Gasteiger partial charge in [-0.25, -0.2) is 8.78 Å². The molecule has 0 fully saturated rings. The maximum Gasteiger partial charge on any atom is 0.220 e. The highest BCUT2D eigenvalue weighted by Crippen LogP contribution is 2.21. The van der Waals surface area contributed by atoms with Crippen LogP contribution >= 0.6 is 0 Å². The quantitative estimate of drug-likeness (QED) is 0.527. The second-order valence-electron chi connectivity index (χ2n) is 7.79. The van der Waals surface area contributed by atoms with Gasteiger partial charge in [-0.3, -0.25) is 9.48 Å². The molecule has 3 rings (SSSR count). The smallest absolute Gasteiger partial charge is 0.220 e. The summed E-state index contributed by atoms with van der Waals surface area (Å²) in [6.07, 6.45) is 1.46. The van der Waals surface area contributed by atoms with E-state index in [1.165, 1.54) is 24.3 Å². The molecular weight excluding hydrogens is 410 g/mol. The van der Waals surface area contributed by atoms with E-state index in [-0.39, 0.29) is 18.1 Å². The Morgan fingerprint density at radius 1 is 1.16 bits per heavy atom. The van der Waals surface area contributed by atoms with E-state index < -0.39 is 11.9 Å². The molecule has 0 bridgehead atoms. The monoisotopic (exact) mass is 436 g/mol. The van der Waals surface area contributed by atoms with Gasteiger partial charge in [0.2, 0.25) is 5.91 Å². The van der Waals surface area contributed by atoms with Crippen LogP contribution in [0.2, 0.25) is 0 Å². The van der Waals surface area contributed by atoms with Gasteiger partial charge < -0.3 is 5.32 Å². The van der Waals surface area contributed by atoms with Gasteiger partial charge in [-0.15, -0.1) is 0 Å². The first kappa shape index (κ1) is 23.1. The minimum Gasteiger partial charge on any atom is -0.349 e. The predicted octanol–water partition coefficient (Wildman–Crippen LogP) is 4.72. The Balaban J connectivity index is 1.71. The second-order valence-corrected chi connectivity index (χ2v) is 7.79. The van der Waals surface area contributed by atoms with Crippen LogP contribution in [-0.2, 0) is 24.2 Å². The van der Waals surface area contributed by atoms with Gasteiger partial charge in [0.1, 0.15) is 11.6 Å². The molecule has 1 aromatic heterocycles. The lowest BCUT2D eigenvalue weighted by atomic mass is 9.98. The van der Waals surface area contributed by atoms with Crippen molar-refractivity contribution in [2.75, 3.05) is 0 Å². The molecule has 0 unspecified atom stereocenters. The number of aryl methyl sites for hydroxylation is 2. The van der Waals surface area contributed by atoms with E-state index in [4.69, 9.17) is 5.26 Å². The van der Waals surface area contributed by atoms with Crippen molar-refractivity contribution in [1.82, 2.24) is 15.1 Å². The van der Waals surface area contributed by atoms with Crippen molar-refractivity contribution < 1.29 is 13.6 Å². The highest BCUT2D eigenvalue weighted by atomic mass is 19.1. The van der Waals surface area contributed by atoms with Gasteiger partial charge in [0.05, 0.1) is 30.8 Å². The first-order chi connectivity index (χ1) is 15.4. The summed E-state index contributed by atoms with van der Waals surface area (Å²) in [6.45, 7) is 4.34.